The molecule has 2 heterocycles. The average Bonchev–Trinajstić information content (AvgIpc) is 2.97. The minimum atomic E-state index is -0.654. The summed E-state index contributed by atoms with van der Waals surface area (Å²) in [5, 5.41) is 2.79. The summed E-state index contributed by atoms with van der Waals surface area (Å²) in [5.41, 5.74) is 0. The first kappa shape index (κ1) is 17.9. The van der Waals surface area contributed by atoms with Gasteiger partial charge in [0, 0.05) is 13.3 Å². The summed E-state index contributed by atoms with van der Waals surface area (Å²) in [4.78, 5) is 23.3. The summed E-state index contributed by atoms with van der Waals surface area (Å²) >= 11 is 0. The van der Waals surface area contributed by atoms with E-state index >= 15 is 0 Å². The average molecular weight is 327 g/mol. The molecule has 0 aromatic carbocycles. The van der Waals surface area contributed by atoms with Crippen molar-refractivity contribution in [2.75, 3.05) is 13.2 Å². The van der Waals surface area contributed by atoms with Gasteiger partial charge in [0.25, 0.3) is 0 Å². The Kier molecular flexibility index (Phi) is 6.15. The van der Waals surface area contributed by atoms with Crippen molar-refractivity contribution in [2.45, 2.75) is 57.8 Å². The van der Waals surface area contributed by atoms with Crippen LogP contribution in [0.4, 0.5) is 0 Å². The van der Waals surface area contributed by atoms with Crippen molar-refractivity contribution in [3.05, 3.63) is 12.7 Å². The van der Waals surface area contributed by atoms with Gasteiger partial charge in [0.1, 0.15) is 18.2 Å². The lowest BCUT2D eigenvalue weighted by Crippen LogP contribution is -2.47. The van der Waals surface area contributed by atoms with Crippen LogP contribution >= 0.6 is 0 Å². The molecule has 1 amide bonds. The Hall–Kier alpha value is -1.44. The van der Waals surface area contributed by atoms with Crippen LogP contribution in [0.2, 0.25) is 0 Å². The molecule has 0 aliphatic carbocycles. The number of hydrogen-bond acceptors (Lipinski definition) is 6. The molecule has 2 aliphatic heterocycles. The summed E-state index contributed by atoms with van der Waals surface area (Å²) in [6.07, 6.45) is -0.0374. The SMILES string of the molecule is C=CCO[C@@H]1O[C@H]2[C@H](OC[C@H]2OC(=O)CC(C)C)[C@@H]1NC(C)=O. The zero-order valence-electron chi connectivity index (χ0n) is 13.8. The van der Waals surface area contributed by atoms with Crippen molar-refractivity contribution in [1.29, 1.82) is 0 Å². The molecule has 2 aliphatic rings. The maximum atomic E-state index is 11.9. The van der Waals surface area contributed by atoms with Crippen LogP contribution in [0.5, 0.6) is 0 Å². The molecular formula is C16H25NO6. The third-order valence-corrected chi connectivity index (χ3v) is 3.69. The van der Waals surface area contributed by atoms with Gasteiger partial charge >= 0.3 is 5.97 Å². The van der Waals surface area contributed by atoms with E-state index < -0.39 is 30.6 Å². The van der Waals surface area contributed by atoms with Crippen molar-refractivity contribution >= 4 is 11.9 Å². The number of fused-ring (bicyclic) bond motifs is 1. The van der Waals surface area contributed by atoms with Gasteiger partial charge in [-0.05, 0) is 5.92 Å². The van der Waals surface area contributed by atoms with Gasteiger partial charge in [-0.1, -0.05) is 19.9 Å². The monoisotopic (exact) mass is 327 g/mol. The number of ether oxygens (including phenoxy) is 4. The quantitative estimate of drug-likeness (QED) is 0.549. The van der Waals surface area contributed by atoms with Gasteiger partial charge in [-0.25, -0.2) is 0 Å². The number of esters is 1. The molecule has 23 heavy (non-hydrogen) atoms. The molecule has 2 fully saturated rings. The Labute approximate surface area is 136 Å². The van der Waals surface area contributed by atoms with Gasteiger partial charge in [0.05, 0.1) is 13.2 Å². The highest BCUT2D eigenvalue weighted by molar-refractivity contribution is 5.73. The number of rotatable bonds is 7. The molecule has 0 aromatic rings. The second-order valence-electron chi connectivity index (χ2n) is 6.24. The molecule has 7 nitrogen and oxygen atoms in total. The van der Waals surface area contributed by atoms with E-state index in [4.69, 9.17) is 18.9 Å². The largest absolute Gasteiger partial charge is 0.457 e. The fourth-order valence-electron chi connectivity index (χ4n) is 2.82. The fraction of sp³-hybridized carbons (Fsp3) is 0.750. The van der Waals surface area contributed by atoms with Crippen molar-refractivity contribution in [3.8, 4) is 0 Å². The predicted molar refractivity (Wildman–Crippen MR) is 81.5 cm³/mol. The van der Waals surface area contributed by atoms with E-state index in [1.807, 2.05) is 13.8 Å². The highest BCUT2D eigenvalue weighted by Crippen LogP contribution is 2.33. The van der Waals surface area contributed by atoms with E-state index in [-0.39, 0.29) is 31.0 Å². The minimum Gasteiger partial charge on any atom is -0.457 e. The number of amides is 1. The van der Waals surface area contributed by atoms with Crippen molar-refractivity contribution in [2.24, 2.45) is 5.92 Å². The maximum Gasteiger partial charge on any atom is 0.306 e. The van der Waals surface area contributed by atoms with Gasteiger partial charge in [-0.3, -0.25) is 9.59 Å². The van der Waals surface area contributed by atoms with Gasteiger partial charge in [-0.15, -0.1) is 6.58 Å². The van der Waals surface area contributed by atoms with Crippen molar-refractivity contribution < 1.29 is 28.5 Å². The van der Waals surface area contributed by atoms with Gasteiger partial charge in [0.2, 0.25) is 5.91 Å². The van der Waals surface area contributed by atoms with Gasteiger partial charge in [0.15, 0.2) is 12.4 Å². The molecule has 5 atom stereocenters. The van der Waals surface area contributed by atoms with Crippen LogP contribution in [0.3, 0.4) is 0 Å². The zero-order valence-corrected chi connectivity index (χ0v) is 13.8. The van der Waals surface area contributed by atoms with E-state index in [0.29, 0.717) is 6.42 Å². The van der Waals surface area contributed by atoms with Crippen LogP contribution in [-0.4, -0.2) is 55.7 Å². The first-order valence-electron chi connectivity index (χ1n) is 7.88. The van der Waals surface area contributed by atoms with Crippen molar-refractivity contribution in [1.82, 2.24) is 5.32 Å². The normalized spacial score (nSPS) is 32.6. The van der Waals surface area contributed by atoms with Crippen LogP contribution in [0, 0.1) is 5.92 Å². The predicted octanol–water partition coefficient (Wildman–Crippen LogP) is 0.775. The van der Waals surface area contributed by atoms with E-state index in [9.17, 15) is 9.59 Å². The van der Waals surface area contributed by atoms with Gasteiger partial charge in [-0.2, -0.15) is 0 Å². The van der Waals surface area contributed by atoms with Crippen LogP contribution in [0.25, 0.3) is 0 Å². The summed E-state index contributed by atoms with van der Waals surface area (Å²) in [6.45, 7) is 9.46. The first-order chi connectivity index (χ1) is 10.9. The minimum absolute atomic E-state index is 0.199. The van der Waals surface area contributed by atoms with Crippen LogP contribution in [0.15, 0.2) is 12.7 Å². The summed E-state index contributed by atoms with van der Waals surface area (Å²) in [6, 6.07) is -0.439. The molecule has 2 rings (SSSR count). The third-order valence-electron chi connectivity index (χ3n) is 3.69. The highest BCUT2D eigenvalue weighted by atomic mass is 16.7. The number of carbonyl (C=O) groups is 2. The number of hydrogen-bond donors (Lipinski definition) is 1. The Bertz CT molecular complexity index is 452. The number of nitrogens with one attached hydrogen (secondary N) is 1. The summed E-state index contributed by atoms with van der Waals surface area (Å²) in [5.74, 6) is -0.249. The molecule has 0 unspecified atom stereocenters. The molecule has 0 aromatic heterocycles. The Morgan fingerprint density at radius 1 is 1.39 bits per heavy atom. The summed E-state index contributed by atoms with van der Waals surface area (Å²) in [7, 11) is 0. The van der Waals surface area contributed by atoms with E-state index in [1.54, 1.807) is 6.08 Å². The van der Waals surface area contributed by atoms with Gasteiger partial charge < -0.3 is 24.3 Å². The van der Waals surface area contributed by atoms with Crippen molar-refractivity contribution in [3.63, 3.8) is 0 Å². The lowest BCUT2D eigenvalue weighted by atomic mass is 10.1. The first-order valence-corrected chi connectivity index (χ1v) is 7.88. The smallest absolute Gasteiger partial charge is 0.306 e. The molecule has 7 heteroatoms. The standard InChI is InChI=1S/C16H25NO6/c1-5-6-20-16-13(17-10(4)18)15-14(23-16)11(8-21-15)22-12(19)7-9(2)3/h5,9,11,13-16H,1,6-8H2,2-4H3,(H,17,18)/t11-,13+,14-,15-,16-/m1/s1. The summed E-state index contributed by atoms with van der Waals surface area (Å²) < 4.78 is 22.5. The molecule has 2 saturated heterocycles. The molecule has 0 radical (unpaired) electrons. The topological polar surface area (TPSA) is 83.1 Å². The lowest BCUT2D eigenvalue weighted by Gasteiger charge is -2.22. The molecule has 130 valence electrons. The lowest BCUT2D eigenvalue weighted by molar-refractivity contribution is -0.173. The van der Waals surface area contributed by atoms with E-state index in [0.717, 1.165) is 0 Å². The molecular weight excluding hydrogens is 302 g/mol. The molecule has 0 bridgehead atoms. The van der Waals surface area contributed by atoms with E-state index in [1.165, 1.54) is 6.92 Å². The molecule has 1 N–H and O–H groups in total. The Morgan fingerprint density at radius 2 is 2.13 bits per heavy atom. The maximum absolute atomic E-state index is 11.9. The third kappa shape index (κ3) is 4.53. The highest BCUT2D eigenvalue weighted by Gasteiger charge is 2.54. The molecule has 0 spiro atoms. The van der Waals surface area contributed by atoms with Crippen LogP contribution in [-0.2, 0) is 28.5 Å². The van der Waals surface area contributed by atoms with Crippen LogP contribution < -0.4 is 5.32 Å². The number of carbonyl (C=O) groups excluding carboxylic acids is 2. The molecule has 0 saturated carbocycles. The zero-order chi connectivity index (χ0) is 17.0. The Balaban J connectivity index is 2.00. The van der Waals surface area contributed by atoms with E-state index in [2.05, 4.69) is 11.9 Å². The van der Waals surface area contributed by atoms with Crippen LogP contribution in [0.1, 0.15) is 27.2 Å². The fourth-order valence-corrected chi connectivity index (χ4v) is 2.82. The second kappa shape index (κ2) is 7.90. The second-order valence-corrected chi connectivity index (χ2v) is 6.24. The Morgan fingerprint density at radius 3 is 2.74 bits per heavy atom.